The van der Waals surface area contributed by atoms with Gasteiger partial charge in [-0.05, 0) is 37.0 Å². The Morgan fingerprint density at radius 3 is 2.29 bits per heavy atom. The molecule has 1 fully saturated rings. The normalized spacial score (nSPS) is 14.5. The SMILES string of the molecule is O=C(CNC(=O)c1ccccc1Cl)NCc1ccc(C[NH+]2CCCCC2)cc1. The summed E-state index contributed by atoms with van der Waals surface area (Å²) < 4.78 is 0. The Balaban J connectivity index is 1.40. The first-order valence-corrected chi connectivity index (χ1v) is 10.2. The molecule has 0 bridgehead atoms. The van der Waals surface area contributed by atoms with Crippen molar-refractivity contribution in [3.8, 4) is 0 Å². The van der Waals surface area contributed by atoms with Crippen LogP contribution in [0, 0.1) is 0 Å². The van der Waals surface area contributed by atoms with Crippen molar-refractivity contribution in [2.24, 2.45) is 0 Å². The summed E-state index contributed by atoms with van der Waals surface area (Å²) >= 11 is 5.99. The second-order valence-corrected chi connectivity index (χ2v) is 7.65. The Kier molecular flexibility index (Phi) is 7.46. The molecule has 2 amide bonds. The van der Waals surface area contributed by atoms with E-state index < -0.39 is 0 Å². The molecule has 2 aromatic carbocycles. The van der Waals surface area contributed by atoms with Crippen molar-refractivity contribution >= 4 is 23.4 Å². The number of benzene rings is 2. The fraction of sp³-hybridized carbons (Fsp3) is 0.364. The van der Waals surface area contributed by atoms with E-state index in [-0.39, 0.29) is 18.4 Å². The summed E-state index contributed by atoms with van der Waals surface area (Å²) in [6.07, 6.45) is 4.01. The van der Waals surface area contributed by atoms with Crippen LogP contribution in [0.2, 0.25) is 5.02 Å². The number of rotatable bonds is 7. The van der Waals surface area contributed by atoms with Crippen molar-refractivity contribution in [3.63, 3.8) is 0 Å². The summed E-state index contributed by atoms with van der Waals surface area (Å²) in [5.74, 6) is -0.590. The van der Waals surface area contributed by atoms with E-state index in [1.165, 1.54) is 37.9 Å². The van der Waals surface area contributed by atoms with Gasteiger partial charge in [-0.2, -0.15) is 0 Å². The van der Waals surface area contributed by atoms with Crippen LogP contribution < -0.4 is 15.5 Å². The number of carbonyl (C=O) groups is 2. The Morgan fingerprint density at radius 2 is 1.57 bits per heavy atom. The van der Waals surface area contributed by atoms with Crippen LogP contribution in [0.25, 0.3) is 0 Å². The average molecular weight is 401 g/mol. The van der Waals surface area contributed by atoms with Gasteiger partial charge < -0.3 is 15.5 Å². The second-order valence-electron chi connectivity index (χ2n) is 7.24. The summed E-state index contributed by atoms with van der Waals surface area (Å²) in [7, 11) is 0. The van der Waals surface area contributed by atoms with Crippen LogP contribution in [0.5, 0.6) is 0 Å². The Hall–Kier alpha value is -2.37. The molecule has 6 heteroatoms. The van der Waals surface area contributed by atoms with Gasteiger partial charge in [0.2, 0.25) is 5.91 Å². The number of hydrogen-bond donors (Lipinski definition) is 3. The number of nitrogens with one attached hydrogen (secondary N) is 3. The third-order valence-electron chi connectivity index (χ3n) is 5.06. The number of amides is 2. The number of likely N-dealkylation sites (tertiary alicyclic amines) is 1. The fourth-order valence-electron chi connectivity index (χ4n) is 3.46. The summed E-state index contributed by atoms with van der Waals surface area (Å²) in [6.45, 7) is 3.95. The smallest absolute Gasteiger partial charge is 0.253 e. The van der Waals surface area contributed by atoms with E-state index in [2.05, 4.69) is 34.9 Å². The molecule has 1 saturated heterocycles. The van der Waals surface area contributed by atoms with Gasteiger partial charge in [0.15, 0.2) is 0 Å². The maximum atomic E-state index is 12.1. The van der Waals surface area contributed by atoms with Gasteiger partial charge in [0.1, 0.15) is 6.54 Å². The predicted molar refractivity (Wildman–Crippen MR) is 110 cm³/mol. The lowest BCUT2D eigenvalue weighted by Crippen LogP contribution is -3.11. The molecule has 5 nitrogen and oxygen atoms in total. The van der Waals surface area contributed by atoms with Crippen molar-refractivity contribution in [2.75, 3.05) is 19.6 Å². The molecule has 0 aromatic heterocycles. The molecule has 3 rings (SSSR count). The van der Waals surface area contributed by atoms with Gasteiger partial charge >= 0.3 is 0 Å². The Labute approximate surface area is 171 Å². The predicted octanol–water partition coefficient (Wildman–Crippen LogP) is 1.95. The van der Waals surface area contributed by atoms with Crippen LogP contribution in [0.15, 0.2) is 48.5 Å². The van der Waals surface area contributed by atoms with Crippen LogP contribution in [-0.2, 0) is 17.9 Å². The van der Waals surface area contributed by atoms with E-state index in [0.717, 1.165) is 12.1 Å². The van der Waals surface area contributed by atoms with Crippen molar-refractivity contribution in [3.05, 3.63) is 70.2 Å². The molecule has 1 aliphatic rings. The highest BCUT2D eigenvalue weighted by Gasteiger charge is 2.14. The highest BCUT2D eigenvalue weighted by molar-refractivity contribution is 6.33. The van der Waals surface area contributed by atoms with Crippen molar-refractivity contribution in [2.45, 2.75) is 32.4 Å². The summed E-state index contributed by atoms with van der Waals surface area (Å²) in [6, 6.07) is 15.2. The van der Waals surface area contributed by atoms with E-state index in [1.54, 1.807) is 29.2 Å². The molecule has 0 unspecified atom stereocenters. The maximum Gasteiger partial charge on any atom is 0.253 e. The molecule has 0 saturated carbocycles. The molecule has 2 aromatic rings. The largest absolute Gasteiger partial charge is 0.350 e. The third kappa shape index (κ3) is 6.08. The van der Waals surface area contributed by atoms with Gasteiger partial charge in [0.25, 0.3) is 5.91 Å². The van der Waals surface area contributed by atoms with Gasteiger partial charge in [-0.15, -0.1) is 0 Å². The minimum Gasteiger partial charge on any atom is -0.350 e. The molecular formula is C22H27ClN3O2+. The highest BCUT2D eigenvalue weighted by atomic mass is 35.5. The molecule has 0 aliphatic carbocycles. The molecule has 1 heterocycles. The number of quaternary nitrogens is 1. The second kappa shape index (κ2) is 10.2. The quantitative estimate of drug-likeness (QED) is 0.665. The number of carbonyl (C=O) groups excluding carboxylic acids is 2. The Bertz CT molecular complexity index is 802. The van der Waals surface area contributed by atoms with Gasteiger partial charge in [0, 0.05) is 12.1 Å². The first kappa shape index (κ1) is 20.4. The molecule has 28 heavy (non-hydrogen) atoms. The molecule has 0 atom stereocenters. The monoisotopic (exact) mass is 400 g/mol. The lowest BCUT2D eigenvalue weighted by atomic mass is 10.1. The molecule has 3 N–H and O–H groups in total. The zero-order valence-corrected chi connectivity index (χ0v) is 16.7. The summed E-state index contributed by atoms with van der Waals surface area (Å²) in [5.41, 5.74) is 2.74. The molecule has 148 valence electrons. The molecule has 0 radical (unpaired) electrons. The van der Waals surface area contributed by atoms with Gasteiger partial charge in [-0.1, -0.05) is 48.0 Å². The van der Waals surface area contributed by atoms with E-state index >= 15 is 0 Å². The van der Waals surface area contributed by atoms with Crippen molar-refractivity contribution < 1.29 is 14.5 Å². The highest BCUT2D eigenvalue weighted by Crippen LogP contribution is 2.14. The van der Waals surface area contributed by atoms with E-state index in [1.807, 2.05) is 0 Å². The van der Waals surface area contributed by atoms with Crippen LogP contribution >= 0.6 is 11.6 Å². The van der Waals surface area contributed by atoms with E-state index in [4.69, 9.17) is 11.6 Å². The third-order valence-corrected chi connectivity index (χ3v) is 5.39. The van der Waals surface area contributed by atoms with Crippen LogP contribution in [-0.4, -0.2) is 31.4 Å². The van der Waals surface area contributed by atoms with Gasteiger partial charge in [-0.25, -0.2) is 0 Å². The first-order valence-electron chi connectivity index (χ1n) is 9.82. The minimum absolute atomic E-state index is 0.0829. The Morgan fingerprint density at radius 1 is 0.893 bits per heavy atom. The van der Waals surface area contributed by atoms with E-state index in [9.17, 15) is 9.59 Å². The number of halogens is 1. The van der Waals surface area contributed by atoms with Crippen LogP contribution in [0.3, 0.4) is 0 Å². The maximum absolute atomic E-state index is 12.1. The molecule has 0 spiro atoms. The molecule has 1 aliphatic heterocycles. The van der Waals surface area contributed by atoms with Crippen molar-refractivity contribution in [1.82, 2.24) is 10.6 Å². The van der Waals surface area contributed by atoms with Crippen LogP contribution in [0.1, 0.15) is 40.7 Å². The number of piperidine rings is 1. The molecular weight excluding hydrogens is 374 g/mol. The topological polar surface area (TPSA) is 62.6 Å². The number of hydrogen-bond acceptors (Lipinski definition) is 2. The average Bonchev–Trinajstić information content (AvgIpc) is 2.72. The van der Waals surface area contributed by atoms with Crippen molar-refractivity contribution in [1.29, 1.82) is 0 Å². The summed E-state index contributed by atoms with van der Waals surface area (Å²) in [4.78, 5) is 25.7. The van der Waals surface area contributed by atoms with Crippen LogP contribution in [0.4, 0.5) is 0 Å². The zero-order valence-electron chi connectivity index (χ0n) is 16.0. The summed E-state index contributed by atoms with van der Waals surface area (Å²) in [5, 5.41) is 5.79. The first-order chi connectivity index (χ1) is 13.6. The van der Waals surface area contributed by atoms with Gasteiger partial charge in [0.05, 0.1) is 30.2 Å². The fourth-order valence-corrected chi connectivity index (χ4v) is 3.68. The lowest BCUT2D eigenvalue weighted by molar-refractivity contribution is -0.918. The zero-order chi connectivity index (χ0) is 19.8. The van der Waals surface area contributed by atoms with E-state index in [0.29, 0.717) is 17.1 Å². The lowest BCUT2D eigenvalue weighted by Gasteiger charge is -2.23. The minimum atomic E-state index is -0.356. The van der Waals surface area contributed by atoms with Gasteiger partial charge in [-0.3, -0.25) is 9.59 Å². The standard InChI is InChI=1S/C22H26ClN3O2/c23-20-7-3-2-6-19(20)22(28)25-15-21(27)24-14-17-8-10-18(11-9-17)16-26-12-4-1-5-13-26/h2-3,6-11H,1,4-5,12-16H2,(H,24,27)(H,25,28)/p+1.